The number of ether oxygens (including phenoxy) is 3. The first-order chi connectivity index (χ1) is 32.6. The van der Waals surface area contributed by atoms with E-state index in [1.165, 1.54) is 89.9 Å². The second-order valence-electron chi connectivity index (χ2n) is 17.4. The van der Waals surface area contributed by atoms with Crippen molar-refractivity contribution in [2.45, 2.75) is 232 Å². The van der Waals surface area contributed by atoms with Gasteiger partial charge < -0.3 is 14.2 Å². The van der Waals surface area contributed by atoms with E-state index in [0.29, 0.717) is 25.9 Å². The van der Waals surface area contributed by atoms with Crippen LogP contribution in [0.3, 0.4) is 0 Å². The van der Waals surface area contributed by atoms with Gasteiger partial charge in [0.25, 0.3) is 0 Å². The van der Waals surface area contributed by atoms with Gasteiger partial charge in [-0.1, -0.05) is 219 Å². The van der Waals surface area contributed by atoms with Gasteiger partial charge in [0.15, 0.2) is 6.10 Å². The van der Waals surface area contributed by atoms with Crippen molar-refractivity contribution in [3.63, 3.8) is 0 Å². The molecule has 0 N–H and O–H groups in total. The molecular weight excluding hydrogens is 813 g/mol. The average molecular weight is 913 g/mol. The summed E-state index contributed by atoms with van der Waals surface area (Å²) in [6, 6.07) is 0. The fourth-order valence-electron chi connectivity index (χ4n) is 7.01. The number of rotatable bonds is 48. The van der Waals surface area contributed by atoms with Crippen LogP contribution in [0.25, 0.3) is 0 Å². The van der Waals surface area contributed by atoms with Crippen molar-refractivity contribution >= 4 is 11.9 Å². The minimum Gasteiger partial charge on any atom is -0.462 e. The van der Waals surface area contributed by atoms with E-state index >= 15 is 0 Å². The lowest BCUT2D eigenvalue weighted by atomic mass is 10.1. The van der Waals surface area contributed by atoms with E-state index < -0.39 is 6.10 Å². The second kappa shape index (κ2) is 55.6. The molecule has 374 valence electrons. The molecule has 0 amide bonds. The van der Waals surface area contributed by atoms with E-state index in [1.54, 1.807) is 0 Å². The molecule has 0 saturated carbocycles. The molecule has 0 saturated heterocycles. The van der Waals surface area contributed by atoms with Crippen LogP contribution in [0, 0.1) is 0 Å². The number of esters is 2. The number of carbonyl (C=O) groups excluding carboxylic acids is 2. The van der Waals surface area contributed by atoms with E-state index in [2.05, 4.69) is 136 Å². The summed E-state index contributed by atoms with van der Waals surface area (Å²) in [4.78, 5) is 25.4. The fourth-order valence-corrected chi connectivity index (χ4v) is 7.01. The number of allylic oxidation sites excluding steroid dienone is 20. The van der Waals surface area contributed by atoms with Crippen LogP contribution >= 0.6 is 0 Å². The Morgan fingerprint density at radius 2 is 0.712 bits per heavy atom. The highest BCUT2D eigenvalue weighted by Gasteiger charge is 2.17. The molecule has 0 bridgehead atoms. The smallest absolute Gasteiger partial charge is 0.306 e. The fraction of sp³-hybridized carbons (Fsp3) is 0.639. The Labute approximate surface area is 407 Å². The zero-order chi connectivity index (χ0) is 47.7. The third kappa shape index (κ3) is 52.9. The molecule has 0 aliphatic carbocycles. The summed E-state index contributed by atoms with van der Waals surface area (Å²) in [5, 5.41) is 0. The van der Waals surface area contributed by atoms with Crippen LogP contribution in [0.2, 0.25) is 0 Å². The van der Waals surface area contributed by atoms with Crippen LogP contribution in [-0.2, 0) is 23.8 Å². The summed E-state index contributed by atoms with van der Waals surface area (Å²) in [5.74, 6) is -0.514. The predicted molar refractivity (Wildman–Crippen MR) is 288 cm³/mol. The van der Waals surface area contributed by atoms with Crippen LogP contribution in [0.15, 0.2) is 122 Å². The van der Waals surface area contributed by atoms with Crippen LogP contribution in [-0.4, -0.2) is 37.9 Å². The van der Waals surface area contributed by atoms with E-state index in [9.17, 15) is 9.59 Å². The molecule has 1 atom stereocenters. The molecule has 0 aromatic carbocycles. The summed E-state index contributed by atoms with van der Waals surface area (Å²) in [6.45, 7) is 7.48. The summed E-state index contributed by atoms with van der Waals surface area (Å²) < 4.78 is 17.4. The lowest BCUT2D eigenvalue weighted by Crippen LogP contribution is -2.30. The van der Waals surface area contributed by atoms with Gasteiger partial charge in [-0.05, 0) is 116 Å². The molecule has 0 aromatic heterocycles. The minimum absolute atomic E-state index is 0.0318. The molecule has 5 heteroatoms. The molecule has 1 unspecified atom stereocenters. The molecule has 0 aliphatic rings. The zero-order valence-corrected chi connectivity index (χ0v) is 42.9. The van der Waals surface area contributed by atoms with Crippen LogP contribution in [0.4, 0.5) is 0 Å². The maximum absolute atomic E-state index is 12.8. The van der Waals surface area contributed by atoms with Crippen LogP contribution < -0.4 is 0 Å². The van der Waals surface area contributed by atoms with Gasteiger partial charge in [-0.15, -0.1) is 0 Å². The standard InChI is InChI=1S/C61H100O5/c1-4-7-10-13-16-19-22-25-28-30-31-33-34-36-39-42-45-48-51-54-60(62)65-58-59(57-64-56-53-50-47-44-41-38-27-24-21-18-15-12-9-6-3)66-61(63)55-52-49-46-43-40-37-35-32-29-26-23-20-17-14-11-8-5-2/h7-8,10-11,16-17,19-21,24-26,28-29,31,33,36,39,45,48,59H,4-6,9,12-15,18,22-23,27,30,32,34-35,37-38,40-44,46-47,49-58H2,1-3H3/b10-7-,11-8-,19-16-,20-17-,24-21-,28-25-,29-26-,33-31-,39-36-,48-45-. The summed E-state index contributed by atoms with van der Waals surface area (Å²) >= 11 is 0. The van der Waals surface area contributed by atoms with E-state index in [1.807, 2.05) is 6.08 Å². The first kappa shape index (κ1) is 62.3. The van der Waals surface area contributed by atoms with Crippen molar-refractivity contribution < 1.29 is 23.8 Å². The molecule has 0 rings (SSSR count). The van der Waals surface area contributed by atoms with Crippen LogP contribution in [0.5, 0.6) is 0 Å². The number of unbranched alkanes of at least 4 members (excludes halogenated alkanes) is 17. The lowest BCUT2D eigenvalue weighted by molar-refractivity contribution is -0.162. The molecule has 5 nitrogen and oxygen atoms in total. The Hall–Kier alpha value is -3.70. The highest BCUT2D eigenvalue weighted by Crippen LogP contribution is 2.13. The highest BCUT2D eigenvalue weighted by atomic mass is 16.6. The maximum atomic E-state index is 12.8. The Morgan fingerprint density at radius 3 is 1.17 bits per heavy atom. The first-order valence-corrected chi connectivity index (χ1v) is 27.1. The Morgan fingerprint density at radius 1 is 0.348 bits per heavy atom. The van der Waals surface area contributed by atoms with Gasteiger partial charge in [-0.2, -0.15) is 0 Å². The second-order valence-corrected chi connectivity index (χ2v) is 17.4. The molecule has 0 heterocycles. The number of carbonyl (C=O) groups is 2. The summed E-state index contributed by atoms with van der Waals surface area (Å²) in [5.41, 5.74) is 0. The van der Waals surface area contributed by atoms with Gasteiger partial charge in [-0.3, -0.25) is 9.59 Å². The van der Waals surface area contributed by atoms with E-state index in [-0.39, 0.29) is 25.2 Å². The maximum Gasteiger partial charge on any atom is 0.306 e. The minimum atomic E-state index is -0.583. The molecule has 0 fully saturated rings. The first-order valence-electron chi connectivity index (χ1n) is 27.1. The Balaban J connectivity index is 4.43. The quantitative estimate of drug-likeness (QED) is 0.0346. The monoisotopic (exact) mass is 913 g/mol. The van der Waals surface area contributed by atoms with Crippen molar-refractivity contribution in [1.82, 2.24) is 0 Å². The summed E-state index contributed by atoms with van der Waals surface area (Å²) in [6.07, 6.45) is 77.9. The zero-order valence-electron chi connectivity index (χ0n) is 42.9. The molecular formula is C61H100O5. The third-order valence-electron chi connectivity index (χ3n) is 11.0. The molecule has 66 heavy (non-hydrogen) atoms. The largest absolute Gasteiger partial charge is 0.462 e. The van der Waals surface area contributed by atoms with Gasteiger partial charge >= 0.3 is 11.9 Å². The van der Waals surface area contributed by atoms with Gasteiger partial charge in [0, 0.05) is 19.4 Å². The number of hydrogen-bond donors (Lipinski definition) is 0. The molecule has 0 aliphatic heterocycles. The van der Waals surface area contributed by atoms with Gasteiger partial charge in [0.1, 0.15) is 6.61 Å². The van der Waals surface area contributed by atoms with Crippen molar-refractivity contribution in [1.29, 1.82) is 0 Å². The van der Waals surface area contributed by atoms with Crippen molar-refractivity contribution in [3.8, 4) is 0 Å². The van der Waals surface area contributed by atoms with Crippen molar-refractivity contribution in [2.24, 2.45) is 0 Å². The van der Waals surface area contributed by atoms with Crippen molar-refractivity contribution in [2.75, 3.05) is 19.8 Å². The normalized spacial score (nSPS) is 13.2. The van der Waals surface area contributed by atoms with Gasteiger partial charge in [0.05, 0.1) is 6.61 Å². The topological polar surface area (TPSA) is 61.8 Å². The lowest BCUT2D eigenvalue weighted by Gasteiger charge is -2.18. The average Bonchev–Trinajstić information content (AvgIpc) is 3.32. The molecule has 0 spiro atoms. The van der Waals surface area contributed by atoms with Crippen molar-refractivity contribution in [3.05, 3.63) is 122 Å². The Bertz CT molecular complexity index is 1350. The van der Waals surface area contributed by atoms with E-state index in [0.717, 1.165) is 96.3 Å². The SMILES string of the molecule is CC/C=C\C/C=C\C/C=C\C/C=C\C/C=C\C/C=C\CCC(=O)OCC(COCCCCCCCC/C=C\CCCCCC)OC(=O)CCCCCCCCC/C=C\C/C=C\C/C=C\CC. The molecule has 0 aromatic rings. The summed E-state index contributed by atoms with van der Waals surface area (Å²) in [7, 11) is 0. The van der Waals surface area contributed by atoms with Gasteiger partial charge in [-0.25, -0.2) is 0 Å². The Kier molecular flexibility index (Phi) is 52.5. The van der Waals surface area contributed by atoms with E-state index in [4.69, 9.17) is 14.2 Å². The van der Waals surface area contributed by atoms with Gasteiger partial charge in [0.2, 0.25) is 0 Å². The van der Waals surface area contributed by atoms with Crippen LogP contribution in [0.1, 0.15) is 226 Å². The number of hydrogen-bond acceptors (Lipinski definition) is 5. The predicted octanol–water partition coefficient (Wildman–Crippen LogP) is 18.6. The molecule has 0 radical (unpaired) electrons. The highest BCUT2D eigenvalue weighted by molar-refractivity contribution is 5.70. The third-order valence-corrected chi connectivity index (χ3v) is 11.0.